The Bertz CT molecular complexity index is 709. The van der Waals surface area contributed by atoms with Crippen molar-refractivity contribution in [3.8, 4) is 5.75 Å². The van der Waals surface area contributed by atoms with Crippen molar-refractivity contribution in [1.29, 1.82) is 0 Å². The Morgan fingerprint density at radius 2 is 1.97 bits per heavy atom. The molecule has 1 aromatic carbocycles. The molecule has 0 amide bonds. The molecule has 0 N–H and O–H groups in total. The van der Waals surface area contributed by atoms with E-state index in [0.717, 1.165) is 61.9 Å². The lowest BCUT2D eigenvalue weighted by Crippen LogP contribution is -2.51. The highest BCUT2D eigenvalue weighted by Crippen LogP contribution is 2.33. The Morgan fingerprint density at radius 1 is 1.23 bits per heavy atom. The molecule has 168 valence electrons. The quantitative estimate of drug-likeness (QED) is 0.578. The normalized spacial score (nSPS) is 24.1. The predicted molar refractivity (Wildman–Crippen MR) is 122 cm³/mol. The maximum absolute atomic E-state index is 12.0. The molecule has 0 spiro atoms. The second kappa shape index (κ2) is 10.7. The van der Waals surface area contributed by atoms with Gasteiger partial charge >= 0.3 is 5.97 Å². The Balaban J connectivity index is 1.54. The SMILES string of the molecule is CCOC(=O)CN1C(C)CCC1CC(C)N1CCN(c2cc(Cl)ccc2OC)CC1. The number of nitrogens with zero attached hydrogens (tertiary/aromatic N) is 3. The predicted octanol–water partition coefficient (Wildman–Crippen LogP) is 3.67. The number of anilines is 1. The summed E-state index contributed by atoms with van der Waals surface area (Å²) in [6, 6.07) is 7.17. The number of carbonyl (C=O) groups is 1. The third kappa shape index (κ3) is 5.59. The number of ether oxygens (including phenoxy) is 2. The maximum Gasteiger partial charge on any atom is 0.320 e. The number of rotatable bonds is 8. The van der Waals surface area contributed by atoms with Crippen LogP contribution >= 0.6 is 11.6 Å². The third-order valence-corrected chi connectivity index (χ3v) is 6.84. The van der Waals surface area contributed by atoms with Gasteiger partial charge < -0.3 is 14.4 Å². The number of carbonyl (C=O) groups excluding carboxylic acids is 1. The number of hydrogen-bond donors (Lipinski definition) is 0. The zero-order valence-electron chi connectivity index (χ0n) is 18.8. The van der Waals surface area contributed by atoms with Gasteiger partial charge in [0.1, 0.15) is 5.75 Å². The fraction of sp³-hybridized carbons (Fsp3) is 0.696. The van der Waals surface area contributed by atoms with Gasteiger partial charge in [0.05, 0.1) is 25.9 Å². The molecule has 2 saturated heterocycles. The van der Waals surface area contributed by atoms with Gasteiger partial charge in [-0.3, -0.25) is 14.6 Å². The summed E-state index contributed by atoms with van der Waals surface area (Å²) in [5.74, 6) is 0.767. The smallest absolute Gasteiger partial charge is 0.320 e. The monoisotopic (exact) mass is 437 g/mol. The van der Waals surface area contributed by atoms with Crippen LogP contribution in [0.1, 0.15) is 40.0 Å². The molecule has 2 aliphatic heterocycles. The first kappa shape index (κ1) is 23.2. The lowest BCUT2D eigenvalue weighted by Gasteiger charge is -2.41. The Labute approximate surface area is 186 Å². The summed E-state index contributed by atoms with van der Waals surface area (Å²) in [6.45, 7) is 11.2. The minimum atomic E-state index is -0.104. The highest BCUT2D eigenvalue weighted by Gasteiger charge is 2.34. The van der Waals surface area contributed by atoms with Crippen molar-refractivity contribution >= 4 is 23.3 Å². The van der Waals surface area contributed by atoms with E-state index < -0.39 is 0 Å². The largest absolute Gasteiger partial charge is 0.495 e. The molecule has 2 fully saturated rings. The van der Waals surface area contributed by atoms with Crippen LogP contribution in [0.3, 0.4) is 0 Å². The van der Waals surface area contributed by atoms with Crippen LogP contribution in [0.4, 0.5) is 5.69 Å². The molecule has 7 heteroatoms. The summed E-state index contributed by atoms with van der Waals surface area (Å²) in [5, 5.41) is 0.735. The van der Waals surface area contributed by atoms with E-state index in [9.17, 15) is 4.79 Å². The molecule has 1 aromatic rings. The molecule has 0 radical (unpaired) electrons. The van der Waals surface area contributed by atoms with Gasteiger partial charge in [-0.15, -0.1) is 0 Å². The van der Waals surface area contributed by atoms with Gasteiger partial charge in [0, 0.05) is 49.3 Å². The van der Waals surface area contributed by atoms with Gasteiger partial charge in [-0.05, 0) is 58.2 Å². The maximum atomic E-state index is 12.0. The fourth-order valence-corrected chi connectivity index (χ4v) is 5.04. The fourth-order valence-electron chi connectivity index (χ4n) is 4.88. The van der Waals surface area contributed by atoms with E-state index in [1.165, 1.54) is 0 Å². The Kier molecular flexibility index (Phi) is 8.26. The lowest BCUT2D eigenvalue weighted by atomic mass is 10.0. The highest BCUT2D eigenvalue weighted by atomic mass is 35.5. The topological polar surface area (TPSA) is 45.2 Å². The number of piperazine rings is 1. The van der Waals surface area contributed by atoms with Gasteiger partial charge in [0.25, 0.3) is 0 Å². The van der Waals surface area contributed by atoms with Crippen LogP contribution < -0.4 is 9.64 Å². The zero-order chi connectivity index (χ0) is 21.7. The second-order valence-electron chi connectivity index (χ2n) is 8.48. The van der Waals surface area contributed by atoms with Crippen LogP contribution in [0.2, 0.25) is 5.02 Å². The van der Waals surface area contributed by atoms with Crippen molar-refractivity contribution in [1.82, 2.24) is 9.80 Å². The van der Waals surface area contributed by atoms with Crippen molar-refractivity contribution in [3.05, 3.63) is 23.2 Å². The minimum absolute atomic E-state index is 0.104. The second-order valence-corrected chi connectivity index (χ2v) is 8.92. The molecule has 3 rings (SSSR count). The first-order valence-corrected chi connectivity index (χ1v) is 11.5. The number of likely N-dealkylation sites (tertiary alicyclic amines) is 1. The van der Waals surface area contributed by atoms with Gasteiger partial charge in [-0.2, -0.15) is 0 Å². The van der Waals surface area contributed by atoms with Crippen LogP contribution in [0.5, 0.6) is 5.75 Å². The van der Waals surface area contributed by atoms with Crippen molar-refractivity contribution in [3.63, 3.8) is 0 Å². The van der Waals surface area contributed by atoms with Gasteiger partial charge in [0.15, 0.2) is 0 Å². The van der Waals surface area contributed by atoms with E-state index in [-0.39, 0.29) is 5.97 Å². The molecule has 0 saturated carbocycles. The molecule has 0 aromatic heterocycles. The van der Waals surface area contributed by atoms with Crippen LogP contribution in [0, 0.1) is 0 Å². The van der Waals surface area contributed by atoms with E-state index in [0.29, 0.717) is 31.3 Å². The third-order valence-electron chi connectivity index (χ3n) is 6.60. The minimum Gasteiger partial charge on any atom is -0.495 e. The summed E-state index contributed by atoms with van der Waals surface area (Å²) in [7, 11) is 1.70. The molecule has 0 aliphatic carbocycles. The first-order valence-electron chi connectivity index (χ1n) is 11.2. The van der Waals surface area contributed by atoms with Crippen LogP contribution in [0.25, 0.3) is 0 Å². The molecule has 3 atom stereocenters. The average Bonchev–Trinajstić information content (AvgIpc) is 3.07. The van der Waals surface area contributed by atoms with Crippen molar-refractivity contribution < 1.29 is 14.3 Å². The Hall–Kier alpha value is -1.50. The summed E-state index contributed by atoms with van der Waals surface area (Å²) < 4.78 is 10.7. The molecule has 2 heterocycles. The van der Waals surface area contributed by atoms with E-state index in [1.807, 2.05) is 25.1 Å². The number of hydrogen-bond acceptors (Lipinski definition) is 6. The van der Waals surface area contributed by atoms with Crippen LogP contribution in [-0.4, -0.2) is 80.3 Å². The van der Waals surface area contributed by atoms with Crippen molar-refractivity contribution in [2.45, 2.75) is 58.2 Å². The number of halogens is 1. The van der Waals surface area contributed by atoms with Gasteiger partial charge in [-0.1, -0.05) is 11.6 Å². The lowest BCUT2D eigenvalue weighted by molar-refractivity contribution is -0.145. The van der Waals surface area contributed by atoms with Crippen molar-refractivity contribution in [2.75, 3.05) is 51.3 Å². The Morgan fingerprint density at radius 3 is 2.63 bits per heavy atom. The van der Waals surface area contributed by atoms with E-state index in [2.05, 4.69) is 28.5 Å². The molecule has 3 unspecified atom stereocenters. The van der Waals surface area contributed by atoms with Crippen LogP contribution in [-0.2, 0) is 9.53 Å². The van der Waals surface area contributed by atoms with Crippen LogP contribution in [0.15, 0.2) is 18.2 Å². The summed E-state index contributed by atoms with van der Waals surface area (Å²) >= 11 is 6.22. The van der Waals surface area contributed by atoms with E-state index in [1.54, 1.807) is 7.11 Å². The summed E-state index contributed by atoms with van der Waals surface area (Å²) in [5.41, 5.74) is 1.07. The number of methoxy groups -OCH3 is 1. The highest BCUT2D eigenvalue weighted by molar-refractivity contribution is 6.30. The van der Waals surface area contributed by atoms with E-state index >= 15 is 0 Å². The molecule has 0 bridgehead atoms. The summed E-state index contributed by atoms with van der Waals surface area (Å²) in [4.78, 5) is 19.3. The van der Waals surface area contributed by atoms with Gasteiger partial charge in [-0.25, -0.2) is 0 Å². The van der Waals surface area contributed by atoms with Crippen molar-refractivity contribution in [2.24, 2.45) is 0 Å². The van der Waals surface area contributed by atoms with E-state index in [4.69, 9.17) is 21.1 Å². The zero-order valence-corrected chi connectivity index (χ0v) is 19.5. The summed E-state index contributed by atoms with van der Waals surface area (Å²) in [6.07, 6.45) is 3.40. The number of benzene rings is 1. The average molecular weight is 438 g/mol. The molecular weight excluding hydrogens is 402 g/mol. The molecule has 6 nitrogen and oxygen atoms in total. The molecule has 30 heavy (non-hydrogen) atoms. The standard InChI is InChI=1S/C23H36ClN3O3/c1-5-30-23(28)16-27-17(2)6-8-20(27)14-18(3)25-10-12-26(13-11-25)21-15-19(24)7-9-22(21)29-4/h7,9,15,17-18,20H,5-6,8,10-14,16H2,1-4H3. The molecular formula is C23H36ClN3O3. The molecule has 2 aliphatic rings. The number of esters is 1. The van der Waals surface area contributed by atoms with Gasteiger partial charge in [0.2, 0.25) is 0 Å². The first-order chi connectivity index (χ1) is 14.4.